The standard InChI is InChI=1S/C63H56N2/c1-8-21-55-50(11-4)52-27-16-18-29-57(52)63(55)56(22-9-2)51(12-5)62(58(63)23-10-3)43(7)44-32-35-47(36-33-44)64(48-37-34-45-25-14-15-26-46(45)40-48)49-38-39-54-53-28-17-20-31-60(53)65(61(54)41-49)59-30-19-13-24-42(59)6/h4,8-9,12-22,24-41,43,58,62H,5,10,23H2,1-3,6-7H3/b21-8-,22-9-. The number of aromatic nitrogens is 1. The average molecular weight is 841 g/mol. The molecule has 2 nitrogen and oxygen atoms in total. The highest BCUT2D eigenvalue weighted by atomic mass is 15.1. The number of nitrogens with zero attached hydrogens (tertiary/aromatic N) is 2. The molecule has 1 spiro atoms. The number of terminal acetylenes is 1. The Balaban J connectivity index is 1.13. The number of hydrogen-bond acceptors (Lipinski definition) is 1. The van der Waals surface area contributed by atoms with Gasteiger partial charge in [0.2, 0.25) is 0 Å². The maximum absolute atomic E-state index is 6.45. The lowest BCUT2D eigenvalue weighted by Crippen LogP contribution is -2.37. The molecule has 2 aliphatic rings. The lowest BCUT2D eigenvalue weighted by atomic mass is 9.61. The quantitative estimate of drug-likeness (QED) is 0.118. The molecule has 8 aromatic rings. The Morgan fingerprint density at radius 1 is 0.708 bits per heavy atom. The molecule has 2 aliphatic carbocycles. The number of hydrogen-bond donors (Lipinski definition) is 0. The lowest BCUT2D eigenvalue weighted by Gasteiger charge is -2.41. The molecular weight excluding hydrogens is 785 g/mol. The van der Waals surface area contributed by atoms with E-state index in [1.165, 1.54) is 77.2 Å². The van der Waals surface area contributed by atoms with Crippen LogP contribution < -0.4 is 4.90 Å². The first-order valence-electron chi connectivity index (χ1n) is 23.3. The Morgan fingerprint density at radius 3 is 2.11 bits per heavy atom. The van der Waals surface area contributed by atoms with Crippen LogP contribution in [0.5, 0.6) is 0 Å². The fraction of sp³-hybridized carbons (Fsp3) is 0.175. The van der Waals surface area contributed by atoms with E-state index in [1.54, 1.807) is 0 Å². The van der Waals surface area contributed by atoms with Crippen molar-refractivity contribution in [3.05, 3.63) is 234 Å². The van der Waals surface area contributed by atoms with Crippen molar-refractivity contribution in [1.29, 1.82) is 0 Å². The van der Waals surface area contributed by atoms with E-state index in [0.717, 1.165) is 35.5 Å². The average Bonchev–Trinajstić information content (AvgIpc) is 3.92. The molecule has 10 rings (SSSR count). The highest BCUT2D eigenvalue weighted by molar-refractivity contribution is 6.10. The van der Waals surface area contributed by atoms with Gasteiger partial charge in [-0.15, -0.1) is 6.42 Å². The Kier molecular flexibility index (Phi) is 10.9. The first-order valence-corrected chi connectivity index (χ1v) is 23.3. The van der Waals surface area contributed by atoms with Crippen LogP contribution in [-0.4, -0.2) is 4.57 Å². The second-order valence-electron chi connectivity index (χ2n) is 17.9. The SMILES string of the molecule is C#CC1=C(/C=C\C)C2(C(/C=C\C)=C(C=C)C(C(C)c3ccc(N(c4ccc5ccccc5c4)c4ccc5c6ccccc6n(-c6ccccc6C)c5c4)cc3)C2CCC)c2ccccc21. The van der Waals surface area contributed by atoms with E-state index >= 15 is 0 Å². The number of para-hydroxylation sites is 2. The van der Waals surface area contributed by atoms with Gasteiger partial charge in [0.25, 0.3) is 0 Å². The van der Waals surface area contributed by atoms with Crippen molar-refractivity contribution in [2.75, 3.05) is 4.90 Å². The van der Waals surface area contributed by atoms with Crippen LogP contribution in [-0.2, 0) is 5.41 Å². The van der Waals surface area contributed by atoms with Gasteiger partial charge in [-0.3, -0.25) is 0 Å². The first-order chi connectivity index (χ1) is 31.9. The van der Waals surface area contributed by atoms with Crippen LogP contribution in [0.25, 0.3) is 43.8 Å². The third kappa shape index (κ3) is 6.48. The zero-order valence-corrected chi connectivity index (χ0v) is 38.2. The molecule has 0 fully saturated rings. The molecule has 0 saturated carbocycles. The number of benzene rings is 7. The normalized spacial score (nSPS) is 18.8. The van der Waals surface area contributed by atoms with E-state index in [2.05, 4.69) is 245 Å². The molecule has 0 saturated heterocycles. The number of fused-ring (bicyclic) bond motifs is 6. The molecule has 4 unspecified atom stereocenters. The van der Waals surface area contributed by atoms with E-state index in [1.807, 2.05) is 0 Å². The number of aryl methyl sites for hydroxylation is 1. The van der Waals surface area contributed by atoms with Crippen LogP contribution in [0.1, 0.15) is 68.7 Å². The summed E-state index contributed by atoms with van der Waals surface area (Å²) in [5.74, 6) is 3.84. The zero-order valence-electron chi connectivity index (χ0n) is 38.2. The Labute approximate surface area is 385 Å². The zero-order chi connectivity index (χ0) is 44.8. The minimum atomic E-state index is -0.387. The monoisotopic (exact) mass is 840 g/mol. The van der Waals surface area contributed by atoms with Crippen molar-refractivity contribution in [2.45, 2.75) is 58.8 Å². The smallest absolute Gasteiger partial charge is 0.0562 e. The molecule has 0 bridgehead atoms. The molecule has 0 radical (unpaired) electrons. The van der Waals surface area contributed by atoms with Gasteiger partial charge < -0.3 is 9.47 Å². The largest absolute Gasteiger partial charge is 0.310 e. The van der Waals surface area contributed by atoms with Crippen LogP contribution in [0.15, 0.2) is 211 Å². The maximum Gasteiger partial charge on any atom is 0.0562 e. The van der Waals surface area contributed by atoms with Crippen LogP contribution in [0.4, 0.5) is 17.1 Å². The predicted molar refractivity (Wildman–Crippen MR) is 279 cm³/mol. The topological polar surface area (TPSA) is 8.17 Å². The van der Waals surface area contributed by atoms with E-state index < -0.39 is 0 Å². The van der Waals surface area contributed by atoms with E-state index in [4.69, 9.17) is 6.42 Å². The van der Waals surface area contributed by atoms with Gasteiger partial charge in [-0.05, 0) is 143 Å². The molecule has 2 heteroatoms. The van der Waals surface area contributed by atoms with E-state index in [-0.39, 0.29) is 23.2 Å². The van der Waals surface area contributed by atoms with Gasteiger partial charge in [-0.1, -0.05) is 172 Å². The predicted octanol–water partition coefficient (Wildman–Crippen LogP) is 16.8. The number of anilines is 3. The van der Waals surface area contributed by atoms with Crippen LogP contribution in [0.3, 0.4) is 0 Å². The summed E-state index contributed by atoms with van der Waals surface area (Å²) in [6.07, 6.45) is 19.7. The molecule has 0 N–H and O–H groups in total. The van der Waals surface area contributed by atoms with Gasteiger partial charge in [0, 0.05) is 39.1 Å². The Hall–Kier alpha value is -7.34. The molecule has 7 aromatic carbocycles. The number of allylic oxidation sites excluding steroid dienone is 9. The summed E-state index contributed by atoms with van der Waals surface area (Å²) in [6.45, 7) is 15.7. The highest BCUT2D eigenvalue weighted by Gasteiger charge is 2.58. The minimum absolute atomic E-state index is 0.192. The third-order valence-corrected chi connectivity index (χ3v) is 14.5. The summed E-state index contributed by atoms with van der Waals surface area (Å²) in [7, 11) is 0. The van der Waals surface area contributed by atoms with E-state index in [0.29, 0.717) is 0 Å². The van der Waals surface area contributed by atoms with Gasteiger partial charge in [-0.2, -0.15) is 0 Å². The lowest BCUT2D eigenvalue weighted by molar-refractivity contribution is 0.268. The van der Waals surface area contributed by atoms with Crippen molar-refractivity contribution in [3.8, 4) is 18.0 Å². The summed E-state index contributed by atoms with van der Waals surface area (Å²) in [5.41, 5.74) is 16.5. The van der Waals surface area contributed by atoms with Crippen LogP contribution >= 0.6 is 0 Å². The molecular formula is C63H56N2. The van der Waals surface area contributed by atoms with Gasteiger partial charge in [0.15, 0.2) is 0 Å². The number of rotatable bonds is 11. The molecule has 0 aliphatic heterocycles. The summed E-state index contributed by atoms with van der Waals surface area (Å²) in [5, 5.41) is 4.92. The molecule has 1 heterocycles. The fourth-order valence-electron chi connectivity index (χ4n) is 11.9. The summed E-state index contributed by atoms with van der Waals surface area (Å²) >= 11 is 0. The van der Waals surface area contributed by atoms with Gasteiger partial charge >= 0.3 is 0 Å². The summed E-state index contributed by atoms with van der Waals surface area (Å²) in [6, 6.07) is 58.2. The van der Waals surface area contributed by atoms with Crippen LogP contribution in [0.2, 0.25) is 0 Å². The third-order valence-electron chi connectivity index (χ3n) is 14.5. The molecule has 65 heavy (non-hydrogen) atoms. The van der Waals surface area contributed by atoms with Gasteiger partial charge in [-0.25, -0.2) is 0 Å². The Morgan fingerprint density at radius 2 is 1.35 bits per heavy atom. The highest BCUT2D eigenvalue weighted by Crippen LogP contribution is 2.66. The molecule has 4 atom stereocenters. The Bertz CT molecular complexity index is 3320. The van der Waals surface area contributed by atoms with Crippen molar-refractivity contribution in [3.63, 3.8) is 0 Å². The molecule has 1 aromatic heterocycles. The second kappa shape index (κ2) is 17.0. The summed E-state index contributed by atoms with van der Waals surface area (Å²) < 4.78 is 2.44. The van der Waals surface area contributed by atoms with Crippen molar-refractivity contribution >= 4 is 55.2 Å². The summed E-state index contributed by atoms with van der Waals surface area (Å²) in [4.78, 5) is 2.43. The molecule has 318 valence electrons. The minimum Gasteiger partial charge on any atom is -0.310 e. The van der Waals surface area contributed by atoms with Crippen LogP contribution in [0, 0.1) is 31.1 Å². The van der Waals surface area contributed by atoms with Gasteiger partial charge in [0.1, 0.15) is 0 Å². The van der Waals surface area contributed by atoms with Crippen molar-refractivity contribution in [2.24, 2.45) is 11.8 Å². The first kappa shape index (κ1) is 41.7. The maximum atomic E-state index is 6.45. The van der Waals surface area contributed by atoms with Crippen molar-refractivity contribution in [1.82, 2.24) is 4.57 Å². The second-order valence-corrected chi connectivity index (χ2v) is 17.9. The molecule has 0 amide bonds. The van der Waals surface area contributed by atoms with Gasteiger partial charge in [0.05, 0.1) is 16.4 Å². The van der Waals surface area contributed by atoms with Crippen molar-refractivity contribution < 1.29 is 0 Å². The van der Waals surface area contributed by atoms with E-state index in [9.17, 15) is 0 Å². The fourth-order valence-corrected chi connectivity index (χ4v) is 11.9.